The van der Waals surface area contributed by atoms with Crippen LogP contribution in [-0.2, 0) is 14.8 Å². The van der Waals surface area contributed by atoms with Gasteiger partial charge in [-0.05, 0) is 49.1 Å². The van der Waals surface area contributed by atoms with Crippen molar-refractivity contribution in [2.45, 2.75) is 45.6 Å². The smallest absolute Gasteiger partial charge is 0.273 e. The Morgan fingerprint density at radius 1 is 1.09 bits per heavy atom. The molecule has 10 heteroatoms. The number of amides is 1. The Bertz CT molecular complexity index is 1090. The number of methoxy groups -OCH3 is 1. The van der Waals surface area contributed by atoms with Crippen molar-refractivity contribution in [2.24, 2.45) is 11.8 Å². The third-order valence-electron chi connectivity index (χ3n) is 5.38. The van der Waals surface area contributed by atoms with Crippen molar-refractivity contribution in [3.63, 3.8) is 0 Å². The van der Waals surface area contributed by atoms with Crippen LogP contribution in [0.4, 0.5) is 11.4 Å². The Kier molecular flexibility index (Phi) is 8.43. The van der Waals surface area contributed by atoms with Crippen LogP contribution in [0.5, 0.6) is 5.75 Å². The molecule has 180 valence electrons. The Morgan fingerprint density at radius 2 is 1.67 bits per heavy atom. The normalized spacial score (nSPS) is 11.7. The maximum atomic E-state index is 13.6. The first-order valence-electron chi connectivity index (χ1n) is 10.6. The zero-order valence-corrected chi connectivity index (χ0v) is 20.5. The van der Waals surface area contributed by atoms with Gasteiger partial charge in [0.05, 0.1) is 22.6 Å². The largest absolute Gasteiger partial charge is 0.497 e. The molecule has 0 radical (unpaired) electrons. The average Bonchev–Trinajstić information content (AvgIpc) is 2.75. The molecule has 0 aliphatic carbocycles. The van der Waals surface area contributed by atoms with E-state index in [1.54, 1.807) is 12.1 Å². The number of carbonyl (C=O) groups excluding carboxylic acids is 1. The van der Waals surface area contributed by atoms with Gasteiger partial charge in [0.25, 0.3) is 15.7 Å². The number of hydrogen-bond acceptors (Lipinski definition) is 6. The highest BCUT2D eigenvalue weighted by atomic mass is 32.2. The molecule has 2 aromatic carbocycles. The van der Waals surface area contributed by atoms with Gasteiger partial charge in [-0.1, -0.05) is 33.8 Å². The summed E-state index contributed by atoms with van der Waals surface area (Å²) in [6, 6.07) is 9.77. The summed E-state index contributed by atoms with van der Waals surface area (Å²) in [4.78, 5) is 23.4. The van der Waals surface area contributed by atoms with Gasteiger partial charge < -0.3 is 10.1 Å². The van der Waals surface area contributed by atoms with Crippen molar-refractivity contribution >= 4 is 27.3 Å². The number of nitrogens with one attached hydrogen (secondary N) is 1. The van der Waals surface area contributed by atoms with Crippen LogP contribution in [0.2, 0.25) is 0 Å². The molecule has 0 saturated carbocycles. The predicted octanol–water partition coefficient (Wildman–Crippen LogP) is 3.90. The van der Waals surface area contributed by atoms with Gasteiger partial charge in [0.15, 0.2) is 0 Å². The fraction of sp³-hybridized carbons (Fsp3) is 0.435. The summed E-state index contributed by atoms with van der Waals surface area (Å²) >= 11 is 0. The van der Waals surface area contributed by atoms with E-state index in [9.17, 15) is 23.3 Å². The molecule has 0 unspecified atom stereocenters. The Labute approximate surface area is 195 Å². The first kappa shape index (κ1) is 26.1. The highest BCUT2D eigenvalue weighted by Crippen LogP contribution is 2.29. The van der Waals surface area contributed by atoms with Gasteiger partial charge in [-0.2, -0.15) is 0 Å². The topological polar surface area (TPSA) is 119 Å². The molecule has 0 aliphatic heterocycles. The molecule has 2 aromatic rings. The first-order valence-corrected chi connectivity index (χ1v) is 12.0. The minimum absolute atomic E-state index is 0.140. The van der Waals surface area contributed by atoms with Crippen LogP contribution >= 0.6 is 0 Å². The van der Waals surface area contributed by atoms with Gasteiger partial charge in [-0.3, -0.25) is 19.2 Å². The van der Waals surface area contributed by atoms with E-state index in [0.717, 1.165) is 10.4 Å². The minimum Gasteiger partial charge on any atom is -0.497 e. The van der Waals surface area contributed by atoms with Crippen molar-refractivity contribution in [3.8, 4) is 5.75 Å². The average molecular weight is 478 g/mol. The lowest BCUT2D eigenvalue weighted by molar-refractivity contribution is -0.385. The number of nitro benzene ring substituents is 1. The van der Waals surface area contributed by atoms with Crippen molar-refractivity contribution in [1.29, 1.82) is 0 Å². The molecule has 0 atom stereocenters. The van der Waals surface area contributed by atoms with E-state index < -0.39 is 27.4 Å². The fourth-order valence-corrected chi connectivity index (χ4v) is 5.04. The summed E-state index contributed by atoms with van der Waals surface area (Å²) in [5, 5.41) is 14.3. The van der Waals surface area contributed by atoms with E-state index in [2.05, 4.69) is 5.32 Å². The molecule has 1 amide bonds. The number of rotatable bonds is 10. The van der Waals surface area contributed by atoms with Crippen LogP contribution in [0.25, 0.3) is 0 Å². The molecular weight excluding hydrogens is 446 g/mol. The second kappa shape index (κ2) is 10.7. The molecule has 9 nitrogen and oxygen atoms in total. The van der Waals surface area contributed by atoms with Crippen molar-refractivity contribution in [1.82, 2.24) is 5.32 Å². The molecule has 2 rings (SSSR count). The molecule has 1 N–H and O–H groups in total. The summed E-state index contributed by atoms with van der Waals surface area (Å²) in [5.41, 5.74) is 0.263. The molecule has 0 fully saturated rings. The first-order chi connectivity index (χ1) is 15.4. The standard InChI is InChI=1S/C23H31N3O6S/c1-15(2)23(16(3)4)24-22(27)14-25(18-8-10-19(32-6)11-9-18)33(30,31)20-12-7-17(5)21(13-20)26(28)29/h7-13,15-16,23H,14H2,1-6H3,(H,24,27). The summed E-state index contributed by atoms with van der Waals surface area (Å²) in [6.45, 7) is 8.97. The highest BCUT2D eigenvalue weighted by Gasteiger charge is 2.30. The SMILES string of the molecule is COc1ccc(N(CC(=O)NC(C(C)C)C(C)C)S(=O)(=O)c2ccc(C)c([N+](=O)[O-])c2)cc1. The number of anilines is 1. The number of aryl methyl sites for hydroxylation is 1. The second-order valence-corrected chi connectivity index (χ2v) is 10.4. The summed E-state index contributed by atoms with van der Waals surface area (Å²) in [7, 11) is -2.80. The Morgan fingerprint density at radius 3 is 2.15 bits per heavy atom. The van der Waals surface area contributed by atoms with Crippen LogP contribution in [0.15, 0.2) is 47.4 Å². The molecule has 0 aromatic heterocycles. The maximum Gasteiger partial charge on any atom is 0.273 e. The number of nitro groups is 1. The van der Waals surface area contributed by atoms with Crippen molar-refractivity contribution in [2.75, 3.05) is 18.0 Å². The molecule has 0 aliphatic rings. The Hall–Kier alpha value is -3.14. The third kappa shape index (κ3) is 6.22. The van der Waals surface area contributed by atoms with Gasteiger partial charge in [-0.15, -0.1) is 0 Å². The van der Waals surface area contributed by atoms with Crippen molar-refractivity contribution < 1.29 is 22.9 Å². The number of ether oxygens (including phenoxy) is 1. The highest BCUT2D eigenvalue weighted by molar-refractivity contribution is 7.92. The lowest BCUT2D eigenvalue weighted by Crippen LogP contribution is -2.47. The summed E-state index contributed by atoms with van der Waals surface area (Å²) < 4.78 is 33.2. The van der Waals surface area contributed by atoms with Crippen LogP contribution in [-0.4, -0.2) is 38.9 Å². The molecule has 0 spiro atoms. The van der Waals surface area contributed by atoms with Gasteiger partial charge in [0.2, 0.25) is 5.91 Å². The van der Waals surface area contributed by atoms with Crippen molar-refractivity contribution in [3.05, 3.63) is 58.1 Å². The minimum atomic E-state index is -4.29. The summed E-state index contributed by atoms with van der Waals surface area (Å²) in [6.07, 6.45) is 0. The van der Waals surface area contributed by atoms with Gasteiger partial charge in [0.1, 0.15) is 12.3 Å². The quantitative estimate of drug-likeness (QED) is 0.409. The third-order valence-corrected chi connectivity index (χ3v) is 7.15. The predicted molar refractivity (Wildman–Crippen MR) is 127 cm³/mol. The Balaban J connectivity index is 2.51. The molecule has 0 saturated heterocycles. The van der Waals surface area contributed by atoms with E-state index >= 15 is 0 Å². The maximum absolute atomic E-state index is 13.6. The van der Waals surface area contributed by atoms with Gasteiger partial charge >= 0.3 is 0 Å². The van der Waals surface area contributed by atoms with E-state index in [1.165, 1.54) is 38.3 Å². The zero-order chi connectivity index (χ0) is 24.9. The lowest BCUT2D eigenvalue weighted by Gasteiger charge is -2.29. The van der Waals surface area contributed by atoms with Gasteiger partial charge in [-0.25, -0.2) is 8.42 Å². The number of hydrogen-bond donors (Lipinski definition) is 1. The van der Waals surface area contributed by atoms with E-state index in [-0.39, 0.29) is 34.1 Å². The monoisotopic (exact) mass is 477 g/mol. The molecular formula is C23H31N3O6S. The molecule has 33 heavy (non-hydrogen) atoms. The molecule has 0 bridgehead atoms. The van der Waals surface area contributed by atoms with E-state index in [0.29, 0.717) is 11.3 Å². The second-order valence-electron chi connectivity index (χ2n) is 8.50. The molecule has 0 heterocycles. The zero-order valence-electron chi connectivity index (χ0n) is 19.7. The number of nitrogens with zero attached hydrogens (tertiary/aromatic N) is 2. The van der Waals surface area contributed by atoms with Crippen LogP contribution in [0.3, 0.4) is 0 Å². The number of benzene rings is 2. The number of sulfonamides is 1. The fourth-order valence-electron chi connectivity index (χ4n) is 3.60. The number of carbonyl (C=O) groups is 1. The van der Waals surface area contributed by atoms with E-state index in [1.807, 2.05) is 27.7 Å². The van der Waals surface area contributed by atoms with Crippen LogP contribution < -0.4 is 14.4 Å². The van der Waals surface area contributed by atoms with E-state index in [4.69, 9.17) is 4.74 Å². The van der Waals surface area contributed by atoms with Crippen LogP contribution in [0.1, 0.15) is 33.3 Å². The lowest BCUT2D eigenvalue weighted by atomic mass is 9.93. The van der Waals surface area contributed by atoms with Gasteiger partial charge in [0, 0.05) is 17.7 Å². The van der Waals surface area contributed by atoms with Crippen LogP contribution in [0, 0.1) is 28.9 Å². The summed E-state index contributed by atoms with van der Waals surface area (Å²) in [5.74, 6) is 0.356.